The van der Waals surface area contributed by atoms with E-state index < -0.39 is 0 Å². The molecule has 5 nitrogen and oxygen atoms in total. The van der Waals surface area contributed by atoms with Gasteiger partial charge in [-0.05, 0) is 32.6 Å². The van der Waals surface area contributed by atoms with E-state index in [1.165, 1.54) is 0 Å². The minimum Gasteiger partial charge on any atom is -0.328 e. The van der Waals surface area contributed by atoms with Crippen molar-refractivity contribution in [2.45, 2.75) is 38.6 Å². The Labute approximate surface area is 94.8 Å². The molecule has 16 heavy (non-hydrogen) atoms. The molecule has 1 saturated carbocycles. The molecule has 1 aromatic rings. The van der Waals surface area contributed by atoms with E-state index in [0.29, 0.717) is 5.82 Å². The molecule has 1 aromatic heterocycles. The van der Waals surface area contributed by atoms with Gasteiger partial charge in [0, 0.05) is 17.5 Å². The fraction of sp³-hybridized carbons (Fsp3) is 0.636. The number of carbonyl (C=O) groups is 1. The number of nitrogens with zero attached hydrogens (tertiary/aromatic N) is 1. The van der Waals surface area contributed by atoms with Crippen molar-refractivity contribution in [3.05, 3.63) is 11.8 Å². The van der Waals surface area contributed by atoms with Crippen LogP contribution in [-0.4, -0.2) is 22.1 Å². The molecular formula is C11H18N4O. The average Bonchev–Trinajstić information content (AvgIpc) is 2.65. The smallest absolute Gasteiger partial charge is 0.228 e. The molecule has 0 bridgehead atoms. The molecule has 1 aliphatic rings. The van der Waals surface area contributed by atoms with E-state index in [1.807, 2.05) is 6.92 Å². The number of aromatic nitrogens is 2. The van der Waals surface area contributed by atoms with Gasteiger partial charge in [-0.25, -0.2) is 0 Å². The quantitative estimate of drug-likeness (QED) is 0.702. The number of nitrogens with one attached hydrogen (secondary N) is 2. The highest BCUT2D eigenvalue weighted by Crippen LogP contribution is 2.24. The molecule has 88 valence electrons. The van der Waals surface area contributed by atoms with E-state index in [1.54, 1.807) is 6.20 Å². The second-order valence-corrected chi connectivity index (χ2v) is 4.53. The third kappa shape index (κ3) is 2.41. The molecule has 0 aromatic carbocycles. The van der Waals surface area contributed by atoms with Gasteiger partial charge in [-0.3, -0.25) is 9.89 Å². The summed E-state index contributed by atoms with van der Waals surface area (Å²) < 4.78 is 0. The van der Waals surface area contributed by atoms with Crippen LogP contribution in [0.4, 0.5) is 5.82 Å². The van der Waals surface area contributed by atoms with Crippen LogP contribution in [-0.2, 0) is 4.79 Å². The maximum Gasteiger partial charge on any atom is 0.228 e. The largest absolute Gasteiger partial charge is 0.328 e. The second-order valence-electron chi connectivity index (χ2n) is 4.53. The van der Waals surface area contributed by atoms with Crippen molar-refractivity contribution < 1.29 is 4.79 Å². The van der Waals surface area contributed by atoms with E-state index in [9.17, 15) is 4.79 Å². The first-order valence-electron chi connectivity index (χ1n) is 5.73. The van der Waals surface area contributed by atoms with E-state index in [-0.39, 0.29) is 17.9 Å². The molecule has 0 aliphatic heterocycles. The maximum absolute atomic E-state index is 11.9. The van der Waals surface area contributed by atoms with E-state index in [4.69, 9.17) is 5.73 Å². The van der Waals surface area contributed by atoms with Crippen molar-refractivity contribution in [2.24, 2.45) is 11.7 Å². The fourth-order valence-electron chi connectivity index (χ4n) is 2.08. The molecule has 0 radical (unpaired) electrons. The summed E-state index contributed by atoms with van der Waals surface area (Å²) in [5, 5.41) is 9.53. The Morgan fingerprint density at radius 1 is 1.50 bits per heavy atom. The van der Waals surface area contributed by atoms with Crippen molar-refractivity contribution in [2.75, 3.05) is 5.32 Å². The van der Waals surface area contributed by atoms with Crippen molar-refractivity contribution >= 4 is 11.7 Å². The molecule has 1 heterocycles. The van der Waals surface area contributed by atoms with Gasteiger partial charge in [-0.2, -0.15) is 5.10 Å². The molecule has 1 fully saturated rings. The van der Waals surface area contributed by atoms with Crippen LogP contribution in [0, 0.1) is 12.8 Å². The predicted molar refractivity (Wildman–Crippen MR) is 61.9 cm³/mol. The number of aryl methyl sites for hydroxylation is 1. The van der Waals surface area contributed by atoms with Gasteiger partial charge in [0.15, 0.2) is 0 Å². The number of anilines is 1. The average molecular weight is 222 g/mol. The summed E-state index contributed by atoms with van der Waals surface area (Å²) in [4.78, 5) is 11.9. The van der Waals surface area contributed by atoms with Crippen LogP contribution < -0.4 is 11.1 Å². The van der Waals surface area contributed by atoms with Gasteiger partial charge in [0.25, 0.3) is 0 Å². The summed E-state index contributed by atoms with van der Waals surface area (Å²) in [5.41, 5.74) is 6.77. The van der Waals surface area contributed by atoms with Crippen LogP contribution in [0.5, 0.6) is 0 Å². The number of amides is 1. The Hall–Kier alpha value is -1.36. The van der Waals surface area contributed by atoms with Crippen molar-refractivity contribution in [1.82, 2.24) is 10.2 Å². The summed E-state index contributed by atoms with van der Waals surface area (Å²) >= 11 is 0. The van der Waals surface area contributed by atoms with Gasteiger partial charge in [0.1, 0.15) is 5.82 Å². The topological polar surface area (TPSA) is 83.8 Å². The lowest BCUT2D eigenvalue weighted by atomic mass is 9.86. The maximum atomic E-state index is 11.9. The van der Waals surface area contributed by atoms with Crippen molar-refractivity contribution in [1.29, 1.82) is 0 Å². The van der Waals surface area contributed by atoms with Gasteiger partial charge in [-0.1, -0.05) is 0 Å². The Balaban J connectivity index is 1.91. The second kappa shape index (κ2) is 4.65. The number of hydrogen-bond acceptors (Lipinski definition) is 3. The SMILES string of the molecule is Cc1cn[nH]c1NC(=O)C1CCC(N)CC1. The van der Waals surface area contributed by atoms with Gasteiger partial charge < -0.3 is 11.1 Å². The minimum absolute atomic E-state index is 0.0826. The van der Waals surface area contributed by atoms with Crippen LogP contribution >= 0.6 is 0 Å². The summed E-state index contributed by atoms with van der Waals surface area (Å²) in [7, 11) is 0. The molecule has 2 rings (SSSR count). The molecule has 4 N–H and O–H groups in total. The highest BCUT2D eigenvalue weighted by atomic mass is 16.1. The molecule has 5 heteroatoms. The molecule has 1 amide bonds. The minimum atomic E-state index is 0.0826. The lowest BCUT2D eigenvalue weighted by Crippen LogP contribution is -2.32. The van der Waals surface area contributed by atoms with Crippen LogP contribution in [0.3, 0.4) is 0 Å². The van der Waals surface area contributed by atoms with Gasteiger partial charge >= 0.3 is 0 Å². The number of aromatic amines is 1. The monoisotopic (exact) mass is 222 g/mol. The first-order chi connectivity index (χ1) is 7.66. The summed E-state index contributed by atoms with van der Waals surface area (Å²) in [6.45, 7) is 1.91. The first kappa shape index (κ1) is 11.1. The Morgan fingerprint density at radius 3 is 2.75 bits per heavy atom. The van der Waals surface area contributed by atoms with E-state index >= 15 is 0 Å². The molecule has 1 aliphatic carbocycles. The number of hydrogen-bond donors (Lipinski definition) is 3. The summed E-state index contributed by atoms with van der Waals surface area (Å²) in [5.74, 6) is 0.890. The van der Waals surface area contributed by atoms with Gasteiger partial charge in [0.2, 0.25) is 5.91 Å². The van der Waals surface area contributed by atoms with Crippen molar-refractivity contribution in [3.63, 3.8) is 0 Å². The highest BCUT2D eigenvalue weighted by Gasteiger charge is 2.24. The van der Waals surface area contributed by atoms with Crippen LogP contribution in [0.15, 0.2) is 6.20 Å². The van der Waals surface area contributed by atoms with Gasteiger partial charge in [-0.15, -0.1) is 0 Å². The summed E-state index contributed by atoms with van der Waals surface area (Å²) in [6, 6.07) is 0.276. The fourth-order valence-corrected chi connectivity index (χ4v) is 2.08. The van der Waals surface area contributed by atoms with Crippen LogP contribution in [0.1, 0.15) is 31.2 Å². The Kier molecular flexibility index (Phi) is 3.24. The van der Waals surface area contributed by atoms with E-state index in [2.05, 4.69) is 15.5 Å². The lowest BCUT2D eigenvalue weighted by Gasteiger charge is -2.24. The van der Waals surface area contributed by atoms with Crippen LogP contribution in [0.25, 0.3) is 0 Å². The van der Waals surface area contributed by atoms with Crippen LogP contribution in [0.2, 0.25) is 0 Å². The molecule has 0 atom stereocenters. The standard InChI is InChI=1S/C11H18N4O/c1-7-6-13-15-10(7)14-11(16)8-2-4-9(12)5-3-8/h6,8-9H,2-5,12H2,1H3,(H2,13,14,15,16). The Morgan fingerprint density at radius 2 is 2.19 bits per heavy atom. The predicted octanol–water partition coefficient (Wildman–Crippen LogP) is 1.17. The molecule has 0 saturated heterocycles. The third-order valence-corrected chi connectivity index (χ3v) is 3.22. The zero-order chi connectivity index (χ0) is 11.5. The first-order valence-corrected chi connectivity index (χ1v) is 5.73. The number of nitrogens with two attached hydrogens (primary N) is 1. The zero-order valence-corrected chi connectivity index (χ0v) is 9.49. The zero-order valence-electron chi connectivity index (χ0n) is 9.49. The lowest BCUT2D eigenvalue weighted by molar-refractivity contribution is -0.120. The number of H-pyrrole nitrogens is 1. The Bertz CT molecular complexity index is 366. The normalized spacial score (nSPS) is 25.4. The van der Waals surface area contributed by atoms with Crippen molar-refractivity contribution in [3.8, 4) is 0 Å². The molecule has 0 spiro atoms. The summed E-state index contributed by atoms with van der Waals surface area (Å²) in [6.07, 6.45) is 5.37. The van der Waals surface area contributed by atoms with Gasteiger partial charge in [0.05, 0.1) is 6.20 Å². The third-order valence-electron chi connectivity index (χ3n) is 3.22. The number of carbonyl (C=O) groups excluding carboxylic acids is 1. The number of rotatable bonds is 2. The molecule has 0 unspecified atom stereocenters. The van der Waals surface area contributed by atoms with E-state index in [0.717, 1.165) is 31.2 Å². The highest BCUT2D eigenvalue weighted by molar-refractivity contribution is 5.92. The molecular weight excluding hydrogens is 204 g/mol.